The summed E-state index contributed by atoms with van der Waals surface area (Å²) >= 11 is 6.02. The molecule has 1 nitrogen and oxygen atoms in total. The Balaban J connectivity index is 2.78. The zero-order valence-electron chi connectivity index (χ0n) is 8.33. The summed E-state index contributed by atoms with van der Waals surface area (Å²) in [4.78, 5) is 0. The lowest BCUT2D eigenvalue weighted by Crippen LogP contribution is -1.97. The molecule has 1 unspecified atom stereocenters. The number of rotatable bonds is 4. The van der Waals surface area contributed by atoms with Crippen LogP contribution in [0.1, 0.15) is 30.1 Å². The van der Waals surface area contributed by atoms with E-state index in [1.165, 1.54) is 0 Å². The maximum atomic E-state index is 9.79. The third-order valence-corrected chi connectivity index (χ3v) is 2.49. The summed E-state index contributed by atoms with van der Waals surface area (Å²) in [6, 6.07) is 5.71. The number of aliphatic hydroxyl groups excluding tert-OH is 1. The molecule has 0 aliphatic rings. The molecule has 1 aromatic carbocycles. The van der Waals surface area contributed by atoms with Crippen LogP contribution in [0.5, 0.6) is 0 Å². The topological polar surface area (TPSA) is 20.2 Å². The van der Waals surface area contributed by atoms with E-state index in [0.29, 0.717) is 11.4 Å². The average Bonchev–Trinajstić information content (AvgIpc) is 2.14. The summed E-state index contributed by atoms with van der Waals surface area (Å²) in [6.07, 6.45) is 2.78. The van der Waals surface area contributed by atoms with Gasteiger partial charge in [-0.3, -0.25) is 0 Å². The molecule has 0 saturated heterocycles. The minimum Gasteiger partial charge on any atom is -0.388 e. The Morgan fingerprint density at radius 1 is 1.57 bits per heavy atom. The van der Waals surface area contributed by atoms with Crippen molar-refractivity contribution in [1.29, 1.82) is 0 Å². The highest BCUT2D eigenvalue weighted by Gasteiger charge is 2.10. The highest BCUT2D eigenvalue weighted by atomic mass is 35.5. The van der Waals surface area contributed by atoms with E-state index < -0.39 is 6.10 Å². The van der Waals surface area contributed by atoms with Crippen molar-refractivity contribution in [2.45, 2.75) is 25.9 Å². The number of halogens is 1. The quantitative estimate of drug-likeness (QED) is 0.753. The molecule has 0 spiro atoms. The first kappa shape index (κ1) is 11.3. The Hall–Kier alpha value is -0.790. The number of benzene rings is 1. The van der Waals surface area contributed by atoms with Crippen molar-refractivity contribution < 1.29 is 5.11 Å². The molecule has 0 aliphatic heterocycles. The molecule has 0 amide bonds. The maximum Gasteiger partial charge on any atom is 0.0807 e. The molecule has 14 heavy (non-hydrogen) atoms. The van der Waals surface area contributed by atoms with Crippen LogP contribution in [0.15, 0.2) is 30.9 Å². The van der Waals surface area contributed by atoms with Gasteiger partial charge in [0, 0.05) is 5.02 Å². The fourth-order valence-corrected chi connectivity index (χ4v) is 1.69. The summed E-state index contributed by atoms with van der Waals surface area (Å²) in [5.41, 5.74) is 1.91. The molecule has 0 heterocycles. The van der Waals surface area contributed by atoms with Crippen LogP contribution in [0.3, 0.4) is 0 Å². The van der Waals surface area contributed by atoms with Gasteiger partial charge in [0.1, 0.15) is 0 Å². The second kappa shape index (κ2) is 5.18. The fraction of sp³-hybridized carbons (Fsp3) is 0.333. The van der Waals surface area contributed by atoms with E-state index in [0.717, 1.165) is 17.5 Å². The molecule has 1 aromatic rings. The minimum absolute atomic E-state index is 0.485. The van der Waals surface area contributed by atoms with E-state index in [1.807, 2.05) is 25.1 Å². The van der Waals surface area contributed by atoms with Crippen LogP contribution in [-0.2, 0) is 0 Å². The Morgan fingerprint density at radius 3 is 2.86 bits per heavy atom. The number of hydrogen-bond acceptors (Lipinski definition) is 1. The molecule has 1 atom stereocenters. The van der Waals surface area contributed by atoms with Crippen LogP contribution >= 0.6 is 11.6 Å². The number of aliphatic hydroxyl groups is 1. The van der Waals surface area contributed by atoms with Gasteiger partial charge in [-0.1, -0.05) is 29.8 Å². The molecule has 0 radical (unpaired) electrons. The van der Waals surface area contributed by atoms with Gasteiger partial charge in [0.25, 0.3) is 0 Å². The minimum atomic E-state index is -0.485. The molecule has 1 rings (SSSR count). The van der Waals surface area contributed by atoms with Crippen LogP contribution in [-0.4, -0.2) is 5.11 Å². The monoisotopic (exact) mass is 210 g/mol. The molecule has 2 heteroatoms. The van der Waals surface area contributed by atoms with Gasteiger partial charge < -0.3 is 5.11 Å². The zero-order valence-corrected chi connectivity index (χ0v) is 9.09. The van der Waals surface area contributed by atoms with E-state index in [1.54, 1.807) is 6.08 Å². The normalized spacial score (nSPS) is 12.5. The first-order valence-electron chi connectivity index (χ1n) is 4.70. The van der Waals surface area contributed by atoms with E-state index in [-0.39, 0.29) is 0 Å². The van der Waals surface area contributed by atoms with Crippen LogP contribution in [0.25, 0.3) is 0 Å². The first-order valence-corrected chi connectivity index (χ1v) is 5.08. The molecular formula is C12H15ClO. The number of aryl methyl sites for hydroxylation is 1. The average molecular weight is 211 g/mol. The van der Waals surface area contributed by atoms with Gasteiger partial charge >= 0.3 is 0 Å². The molecule has 76 valence electrons. The van der Waals surface area contributed by atoms with E-state index >= 15 is 0 Å². The summed E-state index contributed by atoms with van der Waals surface area (Å²) in [7, 11) is 0. The van der Waals surface area contributed by atoms with Crippen molar-refractivity contribution in [1.82, 2.24) is 0 Å². The van der Waals surface area contributed by atoms with Crippen molar-refractivity contribution in [3.05, 3.63) is 47.0 Å². The van der Waals surface area contributed by atoms with Crippen LogP contribution < -0.4 is 0 Å². The van der Waals surface area contributed by atoms with Gasteiger partial charge in [0.15, 0.2) is 0 Å². The van der Waals surface area contributed by atoms with Crippen molar-refractivity contribution in [3.63, 3.8) is 0 Å². The predicted octanol–water partition coefficient (Wildman–Crippen LogP) is 3.65. The molecule has 0 aromatic heterocycles. The lowest BCUT2D eigenvalue weighted by Gasteiger charge is -2.11. The van der Waals surface area contributed by atoms with Gasteiger partial charge in [0.05, 0.1) is 6.10 Å². The summed E-state index contributed by atoms with van der Waals surface area (Å²) in [6.45, 7) is 5.60. The lowest BCUT2D eigenvalue weighted by atomic mass is 10.0. The van der Waals surface area contributed by atoms with Gasteiger partial charge in [-0.2, -0.15) is 0 Å². The van der Waals surface area contributed by atoms with Crippen LogP contribution in [0.4, 0.5) is 0 Å². The van der Waals surface area contributed by atoms with Gasteiger partial charge in [-0.05, 0) is 37.0 Å². The second-order valence-corrected chi connectivity index (χ2v) is 3.81. The standard InChI is InChI=1S/C12H15ClO/c1-3-4-5-12(14)10-7-6-9(2)8-11(10)13/h3,6-8,12,14H,1,4-5H2,2H3. The third kappa shape index (κ3) is 2.86. The van der Waals surface area contributed by atoms with E-state index in [4.69, 9.17) is 11.6 Å². The van der Waals surface area contributed by atoms with Gasteiger partial charge in [0.2, 0.25) is 0 Å². The highest BCUT2D eigenvalue weighted by Crippen LogP contribution is 2.26. The van der Waals surface area contributed by atoms with Gasteiger partial charge in [-0.15, -0.1) is 6.58 Å². The fourth-order valence-electron chi connectivity index (χ4n) is 1.33. The molecule has 0 bridgehead atoms. The molecule has 1 N–H and O–H groups in total. The largest absolute Gasteiger partial charge is 0.388 e. The summed E-state index contributed by atoms with van der Waals surface area (Å²) in [5, 5.41) is 10.4. The Kier molecular flexibility index (Phi) is 4.18. The van der Waals surface area contributed by atoms with Crippen LogP contribution in [0, 0.1) is 6.92 Å². The summed E-state index contributed by atoms with van der Waals surface area (Å²) in [5.74, 6) is 0. The lowest BCUT2D eigenvalue weighted by molar-refractivity contribution is 0.169. The third-order valence-electron chi connectivity index (χ3n) is 2.16. The van der Waals surface area contributed by atoms with E-state index in [2.05, 4.69) is 6.58 Å². The SMILES string of the molecule is C=CCCC(O)c1ccc(C)cc1Cl. The number of allylic oxidation sites excluding steroid dienone is 1. The van der Waals surface area contributed by atoms with Crippen molar-refractivity contribution in [3.8, 4) is 0 Å². The molecule has 0 aliphatic carbocycles. The van der Waals surface area contributed by atoms with Crippen molar-refractivity contribution in [2.75, 3.05) is 0 Å². The van der Waals surface area contributed by atoms with Crippen LogP contribution in [0.2, 0.25) is 5.02 Å². The Morgan fingerprint density at radius 2 is 2.29 bits per heavy atom. The predicted molar refractivity (Wildman–Crippen MR) is 60.6 cm³/mol. The zero-order chi connectivity index (χ0) is 10.6. The van der Waals surface area contributed by atoms with Gasteiger partial charge in [-0.25, -0.2) is 0 Å². The second-order valence-electron chi connectivity index (χ2n) is 3.41. The van der Waals surface area contributed by atoms with Crippen molar-refractivity contribution in [2.24, 2.45) is 0 Å². The maximum absolute atomic E-state index is 9.79. The first-order chi connectivity index (χ1) is 6.65. The molecule has 0 fully saturated rings. The highest BCUT2D eigenvalue weighted by molar-refractivity contribution is 6.31. The van der Waals surface area contributed by atoms with Crippen molar-refractivity contribution >= 4 is 11.6 Å². The molecular weight excluding hydrogens is 196 g/mol. The van der Waals surface area contributed by atoms with E-state index in [9.17, 15) is 5.11 Å². The Labute approximate surface area is 90.0 Å². The summed E-state index contributed by atoms with van der Waals surface area (Å²) < 4.78 is 0. The molecule has 0 saturated carbocycles. The number of hydrogen-bond donors (Lipinski definition) is 1. The Bertz CT molecular complexity index is 320. The smallest absolute Gasteiger partial charge is 0.0807 e.